The van der Waals surface area contributed by atoms with Crippen LogP contribution in [-0.2, 0) is 11.2 Å². The minimum absolute atomic E-state index is 0.145. The molecule has 0 radical (unpaired) electrons. The van der Waals surface area contributed by atoms with Gasteiger partial charge in [0.1, 0.15) is 0 Å². The van der Waals surface area contributed by atoms with Crippen LogP contribution < -0.4 is 4.90 Å². The van der Waals surface area contributed by atoms with Crippen molar-refractivity contribution in [3.05, 3.63) is 52.8 Å². The predicted octanol–water partition coefficient (Wildman–Crippen LogP) is 2.94. The van der Waals surface area contributed by atoms with E-state index in [-0.39, 0.29) is 5.91 Å². The van der Waals surface area contributed by atoms with E-state index in [1.807, 2.05) is 45.3 Å². The Bertz CT molecular complexity index is 838. The van der Waals surface area contributed by atoms with E-state index >= 15 is 0 Å². The number of amides is 1. The number of carbonyl (C=O) groups excluding carboxylic acids is 1. The Morgan fingerprint density at radius 1 is 1.25 bits per heavy atom. The predicted molar refractivity (Wildman–Crippen MR) is 97.0 cm³/mol. The fourth-order valence-corrected chi connectivity index (χ4v) is 3.92. The Labute approximate surface area is 149 Å². The Balaban J connectivity index is 1.36. The van der Waals surface area contributed by atoms with Crippen LogP contribution in [0.25, 0.3) is 4.96 Å². The maximum Gasteiger partial charge on any atom is 0.228 e. The van der Waals surface area contributed by atoms with Gasteiger partial charge in [0, 0.05) is 54.7 Å². The van der Waals surface area contributed by atoms with Crippen LogP contribution in [0.3, 0.4) is 0 Å². The fraction of sp³-hybridized carbons (Fsp3) is 0.294. The molecule has 0 unspecified atom stereocenters. The fourth-order valence-electron chi connectivity index (χ4n) is 3.01. The summed E-state index contributed by atoms with van der Waals surface area (Å²) in [4.78, 5) is 22.1. The third-order valence-electron chi connectivity index (χ3n) is 4.28. The van der Waals surface area contributed by atoms with Gasteiger partial charge in [-0.3, -0.25) is 9.20 Å². The molecule has 2 aromatic heterocycles. The standard InChI is InChI=1S/C17H17ClN4OS/c18-13-2-1-3-15(10-13)20-4-6-21(7-5-20)16(23)11-14-12-22-8-9-24-17(22)19-14/h1-3,8-10,12H,4-7,11H2. The molecule has 3 heterocycles. The zero-order valence-electron chi connectivity index (χ0n) is 13.1. The molecular weight excluding hydrogens is 344 g/mol. The SMILES string of the molecule is O=C(Cc1cn2ccsc2n1)N1CCN(c2cccc(Cl)c2)CC1. The van der Waals surface area contributed by atoms with Gasteiger partial charge in [0.25, 0.3) is 0 Å². The number of halogens is 1. The number of imidazole rings is 1. The van der Waals surface area contributed by atoms with Crippen LogP contribution in [0.2, 0.25) is 5.02 Å². The van der Waals surface area contributed by atoms with Crippen molar-refractivity contribution < 1.29 is 4.79 Å². The van der Waals surface area contributed by atoms with Gasteiger partial charge in [-0.15, -0.1) is 11.3 Å². The summed E-state index contributed by atoms with van der Waals surface area (Å²) in [6.45, 7) is 3.11. The lowest BCUT2D eigenvalue weighted by Gasteiger charge is -2.36. The maximum absolute atomic E-state index is 12.5. The molecule has 1 aromatic carbocycles. The van der Waals surface area contributed by atoms with Crippen molar-refractivity contribution in [2.45, 2.75) is 6.42 Å². The minimum Gasteiger partial charge on any atom is -0.368 e. The zero-order chi connectivity index (χ0) is 16.5. The molecule has 1 aliphatic heterocycles. The number of hydrogen-bond donors (Lipinski definition) is 0. The molecule has 0 aliphatic carbocycles. The largest absolute Gasteiger partial charge is 0.368 e. The molecule has 1 fully saturated rings. The van der Waals surface area contributed by atoms with E-state index in [2.05, 4.69) is 16.0 Å². The van der Waals surface area contributed by atoms with E-state index in [0.29, 0.717) is 6.42 Å². The summed E-state index contributed by atoms with van der Waals surface area (Å²) in [6, 6.07) is 7.86. The Hall–Kier alpha value is -2.05. The second-order valence-electron chi connectivity index (χ2n) is 5.85. The van der Waals surface area contributed by atoms with Crippen LogP contribution in [0.5, 0.6) is 0 Å². The second kappa shape index (κ2) is 6.45. The number of fused-ring (bicyclic) bond motifs is 1. The Morgan fingerprint density at radius 3 is 2.83 bits per heavy atom. The van der Waals surface area contributed by atoms with E-state index in [1.54, 1.807) is 11.3 Å². The molecule has 24 heavy (non-hydrogen) atoms. The highest BCUT2D eigenvalue weighted by Crippen LogP contribution is 2.21. The number of thiazole rings is 1. The van der Waals surface area contributed by atoms with Crippen LogP contribution >= 0.6 is 22.9 Å². The molecule has 3 aromatic rings. The number of nitrogens with zero attached hydrogens (tertiary/aromatic N) is 4. The Kier molecular flexibility index (Phi) is 4.16. The van der Waals surface area contributed by atoms with E-state index in [9.17, 15) is 4.79 Å². The van der Waals surface area contributed by atoms with Crippen molar-refractivity contribution in [1.29, 1.82) is 0 Å². The lowest BCUT2D eigenvalue weighted by molar-refractivity contribution is -0.130. The molecule has 1 amide bonds. The van der Waals surface area contributed by atoms with Gasteiger partial charge in [-0.1, -0.05) is 17.7 Å². The molecule has 0 N–H and O–H groups in total. The van der Waals surface area contributed by atoms with Gasteiger partial charge in [0.05, 0.1) is 12.1 Å². The molecular formula is C17H17ClN4OS. The first-order valence-electron chi connectivity index (χ1n) is 7.88. The van der Waals surface area contributed by atoms with E-state index < -0.39 is 0 Å². The van der Waals surface area contributed by atoms with Gasteiger partial charge in [-0.25, -0.2) is 4.98 Å². The summed E-state index contributed by atoms with van der Waals surface area (Å²) < 4.78 is 1.96. The number of piperazine rings is 1. The summed E-state index contributed by atoms with van der Waals surface area (Å²) in [7, 11) is 0. The lowest BCUT2D eigenvalue weighted by Crippen LogP contribution is -2.49. The molecule has 124 valence electrons. The number of hydrogen-bond acceptors (Lipinski definition) is 4. The van der Waals surface area contributed by atoms with Gasteiger partial charge in [-0.05, 0) is 18.2 Å². The smallest absolute Gasteiger partial charge is 0.228 e. The first-order chi connectivity index (χ1) is 11.7. The van der Waals surface area contributed by atoms with Crippen molar-refractivity contribution in [2.75, 3.05) is 31.1 Å². The quantitative estimate of drug-likeness (QED) is 0.721. The molecule has 5 nitrogen and oxygen atoms in total. The number of rotatable bonds is 3. The average Bonchev–Trinajstić information content (AvgIpc) is 3.16. The van der Waals surface area contributed by atoms with Crippen LogP contribution in [0.15, 0.2) is 42.0 Å². The third-order valence-corrected chi connectivity index (χ3v) is 5.29. The van der Waals surface area contributed by atoms with Crippen molar-refractivity contribution >= 4 is 39.5 Å². The number of carbonyl (C=O) groups is 1. The first-order valence-corrected chi connectivity index (χ1v) is 9.14. The third kappa shape index (κ3) is 3.12. The minimum atomic E-state index is 0.145. The number of aromatic nitrogens is 2. The average molecular weight is 361 g/mol. The summed E-state index contributed by atoms with van der Waals surface area (Å²) in [5, 5.41) is 2.73. The van der Waals surface area contributed by atoms with Crippen LogP contribution in [0.4, 0.5) is 5.69 Å². The van der Waals surface area contributed by atoms with Crippen LogP contribution in [-0.4, -0.2) is 46.4 Å². The molecule has 0 bridgehead atoms. The van der Waals surface area contributed by atoms with E-state index in [4.69, 9.17) is 11.6 Å². The molecule has 1 saturated heterocycles. The highest BCUT2D eigenvalue weighted by atomic mass is 35.5. The summed E-state index contributed by atoms with van der Waals surface area (Å²) in [5.74, 6) is 0.145. The summed E-state index contributed by atoms with van der Waals surface area (Å²) in [5.41, 5.74) is 1.95. The Morgan fingerprint density at radius 2 is 2.08 bits per heavy atom. The van der Waals surface area contributed by atoms with Crippen molar-refractivity contribution in [3.63, 3.8) is 0 Å². The van der Waals surface area contributed by atoms with Gasteiger partial charge in [0.2, 0.25) is 5.91 Å². The van der Waals surface area contributed by atoms with E-state index in [1.165, 1.54) is 0 Å². The maximum atomic E-state index is 12.5. The monoisotopic (exact) mass is 360 g/mol. The highest BCUT2D eigenvalue weighted by Gasteiger charge is 2.22. The molecule has 4 rings (SSSR count). The van der Waals surface area contributed by atoms with Crippen LogP contribution in [0.1, 0.15) is 5.69 Å². The normalized spacial score (nSPS) is 15.2. The topological polar surface area (TPSA) is 40.9 Å². The van der Waals surface area contributed by atoms with Gasteiger partial charge in [-0.2, -0.15) is 0 Å². The van der Waals surface area contributed by atoms with Gasteiger partial charge < -0.3 is 9.80 Å². The zero-order valence-corrected chi connectivity index (χ0v) is 14.6. The number of benzene rings is 1. The van der Waals surface area contributed by atoms with E-state index in [0.717, 1.165) is 47.5 Å². The van der Waals surface area contributed by atoms with Crippen LogP contribution in [0, 0.1) is 0 Å². The highest BCUT2D eigenvalue weighted by molar-refractivity contribution is 7.15. The van der Waals surface area contributed by atoms with Crippen molar-refractivity contribution in [1.82, 2.24) is 14.3 Å². The molecule has 0 atom stereocenters. The number of anilines is 1. The van der Waals surface area contributed by atoms with Gasteiger partial charge >= 0.3 is 0 Å². The molecule has 0 spiro atoms. The first kappa shape index (κ1) is 15.5. The molecule has 1 aliphatic rings. The molecule has 7 heteroatoms. The summed E-state index contributed by atoms with van der Waals surface area (Å²) in [6.07, 6.45) is 4.27. The second-order valence-corrected chi connectivity index (χ2v) is 7.16. The van der Waals surface area contributed by atoms with Crippen molar-refractivity contribution in [2.24, 2.45) is 0 Å². The lowest BCUT2D eigenvalue weighted by atomic mass is 10.2. The summed E-state index contributed by atoms with van der Waals surface area (Å²) >= 11 is 7.64. The molecule has 0 saturated carbocycles. The van der Waals surface area contributed by atoms with Gasteiger partial charge in [0.15, 0.2) is 4.96 Å². The van der Waals surface area contributed by atoms with Crippen molar-refractivity contribution in [3.8, 4) is 0 Å².